The van der Waals surface area contributed by atoms with Crippen molar-refractivity contribution in [3.05, 3.63) is 76.3 Å². The third-order valence-corrected chi connectivity index (χ3v) is 5.65. The Bertz CT molecular complexity index is 1120. The van der Waals surface area contributed by atoms with E-state index in [-0.39, 0.29) is 11.3 Å². The Morgan fingerprint density at radius 2 is 1.74 bits per heavy atom. The van der Waals surface area contributed by atoms with Gasteiger partial charge in [0.1, 0.15) is 6.10 Å². The average Bonchev–Trinajstić information content (AvgIpc) is 2.59. The number of aliphatic hydroxyl groups is 1. The first-order valence-electron chi connectivity index (χ1n) is 8.07. The Balaban J connectivity index is 2.13. The van der Waals surface area contributed by atoms with Crippen LogP contribution in [0.3, 0.4) is 0 Å². The third-order valence-electron chi connectivity index (χ3n) is 4.28. The molecule has 0 heterocycles. The van der Waals surface area contributed by atoms with Crippen molar-refractivity contribution in [2.75, 3.05) is 6.26 Å². The van der Waals surface area contributed by atoms with Crippen LogP contribution in [-0.2, 0) is 21.1 Å². The normalized spacial score (nSPS) is 12.9. The van der Waals surface area contributed by atoms with Crippen LogP contribution in [0.2, 0.25) is 5.02 Å². The van der Waals surface area contributed by atoms with Crippen molar-refractivity contribution in [2.45, 2.75) is 17.4 Å². The fraction of sp³-hybridized carbons (Fsp3) is 0.150. The first-order chi connectivity index (χ1) is 12.6. The van der Waals surface area contributed by atoms with Crippen LogP contribution in [-0.4, -0.2) is 30.9 Å². The Morgan fingerprint density at radius 3 is 2.33 bits per heavy atom. The number of hydrogen-bond donors (Lipinski definition) is 2. The van der Waals surface area contributed by atoms with Gasteiger partial charge in [-0.2, -0.15) is 0 Å². The minimum absolute atomic E-state index is 0.158. The van der Waals surface area contributed by atoms with Gasteiger partial charge in [-0.1, -0.05) is 41.9 Å². The quantitative estimate of drug-likeness (QED) is 0.677. The number of aliphatic carboxylic acids is 1. The SMILES string of the molecule is CS(=O)(=O)c1ccc(C(O)c2cc(CC(=O)O)cc3ccc(Cl)cc23)cc1. The van der Waals surface area contributed by atoms with Crippen LogP contribution in [0.15, 0.2) is 59.5 Å². The second-order valence-corrected chi connectivity index (χ2v) is 8.82. The maximum Gasteiger partial charge on any atom is 0.307 e. The van der Waals surface area contributed by atoms with Gasteiger partial charge in [-0.25, -0.2) is 8.42 Å². The van der Waals surface area contributed by atoms with Crippen LogP contribution in [0.1, 0.15) is 22.8 Å². The Kier molecular flexibility index (Phi) is 5.24. The molecule has 140 valence electrons. The first-order valence-corrected chi connectivity index (χ1v) is 10.3. The molecule has 3 rings (SSSR count). The highest BCUT2D eigenvalue weighted by atomic mass is 35.5. The van der Waals surface area contributed by atoms with Crippen molar-refractivity contribution in [1.29, 1.82) is 0 Å². The van der Waals surface area contributed by atoms with Crippen molar-refractivity contribution in [2.24, 2.45) is 0 Å². The molecule has 0 bridgehead atoms. The predicted octanol–water partition coefficient (Wildman–Crippen LogP) is 3.61. The van der Waals surface area contributed by atoms with Crippen LogP contribution in [0, 0.1) is 0 Å². The molecule has 0 spiro atoms. The summed E-state index contributed by atoms with van der Waals surface area (Å²) in [5, 5.41) is 22.0. The van der Waals surface area contributed by atoms with E-state index in [1.54, 1.807) is 42.5 Å². The number of sulfone groups is 1. The Hall–Kier alpha value is -2.41. The van der Waals surface area contributed by atoms with E-state index in [2.05, 4.69) is 0 Å². The molecule has 1 unspecified atom stereocenters. The van der Waals surface area contributed by atoms with Crippen molar-refractivity contribution >= 4 is 38.2 Å². The lowest BCUT2D eigenvalue weighted by molar-refractivity contribution is -0.136. The molecule has 7 heteroatoms. The number of fused-ring (bicyclic) bond motifs is 1. The molecule has 0 aliphatic heterocycles. The minimum atomic E-state index is -3.33. The number of carboxylic acids is 1. The zero-order chi connectivity index (χ0) is 19.8. The molecular weight excluding hydrogens is 388 g/mol. The minimum Gasteiger partial charge on any atom is -0.481 e. The molecule has 0 saturated carbocycles. The topological polar surface area (TPSA) is 91.7 Å². The molecule has 0 fully saturated rings. The molecule has 0 aliphatic carbocycles. The summed E-state index contributed by atoms with van der Waals surface area (Å²) >= 11 is 6.09. The maximum absolute atomic E-state index is 11.6. The molecule has 0 saturated heterocycles. The second kappa shape index (κ2) is 7.31. The summed E-state index contributed by atoms with van der Waals surface area (Å²) in [6, 6.07) is 14.5. The standard InChI is InChI=1S/C20H17ClO5S/c1-27(25,26)16-6-3-13(4-7-16)20(24)18-9-12(10-19(22)23)8-14-2-5-15(21)11-17(14)18/h2-9,11,20,24H,10H2,1H3,(H,22,23). The summed E-state index contributed by atoms with van der Waals surface area (Å²) in [6.45, 7) is 0. The number of carbonyl (C=O) groups is 1. The van der Waals surface area contributed by atoms with Crippen LogP contribution < -0.4 is 0 Å². The number of halogens is 1. The van der Waals surface area contributed by atoms with Crippen LogP contribution in [0.25, 0.3) is 10.8 Å². The summed E-state index contributed by atoms with van der Waals surface area (Å²) < 4.78 is 23.2. The van der Waals surface area contributed by atoms with Crippen LogP contribution in [0.4, 0.5) is 0 Å². The lowest BCUT2D eigenvalue weighted by atomic mass is 9.93. The monoisotopic (exact) mass is 404 g/mol. The van der Waals surface area contributed by atoms with Gasteiger partial charge < -0.3 is 10.2 Å². The molecule has 0 amide bonds. The molecule has 3 aromatic carbocycles. The Morgan fingerprint density at radius 1 is 1.07 bits per heavy atom. The van der Waals surface area contributed by atoms with E-state index in [0.717, 1.165) is 11.6 Å². The zero-order valence-corrected chi connectivity index (χ0v) is 16.0. The van der Waals surface area contributed by atoms with E-state index in [1.807, 2.05) is 0 Å². The molecule has 27 heavy (non-hydrogen) atoms. The number of hydrogen-bond acceptors (Lipinski definition) is 4. The fourth-order valence-corrected chi connectivity index (χ4v) is 3.81. The van der Waals surface area contributed by atoms with Crippen molar-refractivity contribution in [3.63, 3.8) is 0 Å². The summed E-state index contributed by atoms with van der Waals surface area (Å²) in [5.41, 5.74) is 1.56. The third kappa shape index (κ3) is 4.30. The van der Waals surface area contributed by atoms with Crippen molar-refractivity contribution in [3.8, 4) is 0 Å². The van der Waals surface area contributed by atoms with Gasteiger partial charge in [-0.05, 0) is 51.7 Å². The summed E-state index contributed by atoms with van der Waals surface area (Å²) in [6.07, 6.45) is -0.123. The smallest absolute Gasteiger partial charge is 0.307 e. The summed E-state index contributed by atoms with van der Waals surface area (Å²) in [4.78, 5) is 11.3. The van der Waals surface area contributed by atoms with E-state index in [0.29, 0.717) is 27.1 Å². The van der Waals surface area contributed by atoms with Crippen LogP contribution >= 0.6 is 11.6 Å². The van der Waals surface area contributed by atoms with Gasteiger partial charge in [0.05, 0.1) is 11.3 Å². The Labute approximate surface area is 161 Å². The highest BCUT2D eigenvalue weighted by molar-refractivity contribution is 7.90. The lowest BCUT2D eigenvalue weighted by Crippen LogP contribution is -2.05. The van der Waals surface area contributed by atoms with Gasteiger partial charge in [-0.15, -0.1) is 0 Å². The number of rotatable bonds is 5. The highest BCUT2D eigenvalue weighted by Gasteiger charge is 2.17. The fourth-order valence-electron chi connectivity index (χ4n) is 3.00. The van der Waals surface area contributed by atoms with Gasteiger partial charge in [0.25, 0.3) is 0 Å². The number of carboxylic acid groups (broad SMARTS) is 1. The maximum atomic E-state index is 11.6. The number of aliphatic hydroxyl groups excluding tert-OH is 1. The van der Waals surface area contributed by atoms with Gasteiger partial charge in [0, 0.05) is 11.3 Å². The molecule has 3 aromatic rings. The molecule has 2 N–H and O–H groups in total. The summed E-state index contributed by atoms with van der Waals surface area (Å²) in [7, 11) is -3.33. The van der Waals surface area contributed by atoms with E-state index in [1.165, 1.54) is 12.1 Å². The predicted molar refractivity (Wildman–Crippen MR) is 104 cm³/mol. The van der Waals surface area contributed by atoms with Gasteiger partial charge >= 0.3 is 5.97 Å². The van der Waals surface area contributed by atoms with E-state index >= 15 is 0 Å². The van der Waals surface area contributed by atoms with Crippen LogP contribution in [0.5, 0.6) is 0 Å². The largest absolute Gasteiger partial charge is 0.481 e. The summed E-state index contributed by atoms with van der Waals surface area (Å²) in [5.74, 6) is -0.971. The van der Waals surface area contributed by atoms with Crippen molar-refractivity contribution < 1.29 is 23.4 Å². The number of benzene rings is 3. The first kappa shape index (κ1) is 19.4. The zero-order valence-electron chi connectivity index (χ0n) is 14.4. The molecule has 0 aromatic heterocycles. The molecular formula is C20H17ClO5S. The van der Waals surface area contributed by atoms with Gasteiger partial charge in [0.15, 0.2) is 9.84 Å². The second-order valence-electron chi connectivity index (χ2n) is 6.36. The van der Waals surface area contributed by atoms with Crippen molar-refractivity contribution in [1.82, 2.24) is 0 Å². The highest BCUT2D eigenvalue weighted by Crippen LogP contribution is 2.32. The molecule has 1 atom stereocenters. The van der Waals surface area contributed by atoms with Gasteiger partial charge in [-0.3, -0.25) is 4.79 Å². The van der Waals surface area contributed by atoms with E-state index < -0.39 is 21.9 Å². The van der Waals surface area contributed by atoms with E-state index in [9.17, 15) is 18.3 Å². The van der Waals surface area contributed by atoms with E-state index in [4.69, 9.17) is 16.7 Å². The lowest BCUT2D eigenvalue weighted by Gasteiger charge is -2.16. The molecule has 5 nitrogen and oxygen atoms in total. The average molecular weight is 405 g/mol. The van der Waals surface area contributed by atoms with Gasteiger partial charge in [0.2, 0.25) is 0 Å². The molecule has 0 aliphatic rings. The molecule has 0 radical (unpaired) electrons.